The second-order valence-electron chi connectivity index (χ2n) is 6.28. The van der Waals surface area contributed by atoms with Crippen LogP contribution in [0.25, 0.3) is 0 Å². The highest BCUT2D eigenvalue weighted by molar-refractivity contribution is 7.89. The number of halogens is 3. The largest absolute Gasteiger partial charge is 0.451 e. The van der Waals surface area contributed by atoms with Crippen molar-refractivity contribution in [1.82, 2.24) is 19.5 Å². The number of piperidine rings is 1. The lowest BCUT2D eigenvalue weighted by molar-refractivity contribution is -0.144. The normalized spacial score (nSPS) is 16.3. The number of nitriles is 1. The number of rotatable bonds is 4. The van der Waals surface area contributed by atoms with Crippen molar-refractivity contribution in [2.45, 2.75) is 23.9 Å². The predicted molar refractivity (Wildman–Crippen MR) is 92.7 cm³/mol. The van der Waals surface area contributed by atoms with Crippen LogP contribution in [-0.2, 0) is 21.0 Å². The van der Waals surface area contributed by atoms with E-state index < -0.39 is 39.8 Å². The van der Waals surface area contributed by atoms with Gasteiger partial charge in [-0.2, -0.15) is 27.7 Å². The van der Waals surface area contributed by atoms with E-state index in [9.17, 15) is 26.4 Å². The van der Waals surface area contributed by atoms with Gasteiger partial charge in [0, 0.05) is 19.0 Å². The molecule has 1 aromatic carbocycles. The molecule has 2 aromatic rings. The van der Waals surface area contributed by atoms with Crippen molar-refractivity contribution >= 4 is 21.9 Å². The van der Waals surface area contributed by atoms with Gasteiger partial charge in [0.2, 0.25) is 27.7 Å². The van der Waals surface area contributed by atoms with Gasteiger partial charge in [-0.05, 0) is 25.0 Å². The molecule has 0 bridgehead atoms. The molecular formula is C16H15F3N6O3S. The molecule has 2 heterocycles. The number of alkyl halides is 3. The van der Waals surface area contributed by atoms with Crippen LogP contribution >= 0.6 is 0 Å². The number of carbonyl (C=O) groups is 1. The highest BCUT2D eigenvalue weighted by Gasteiger charge is 2.36. The van der Waals surface area contributed by atoms with Crippen LogP contribution in [0.3, 0.4) is 0 Å². The number of sulfonamides is 1. The van der Waals surface area contributed by atoms with Crippen LogP contribution in [0, 0.1) is 17.2 Å². The average molecular weight is 428 g/mol. The second-order valence-corrected chi connectivity index (χ2v) is 8.19. The molecule has 1 aromatic heterocycles. The van der Waals surface area contributed by atoms with Crippen molar-refractivity contribution in [2.75, 3.05) is 18.4 Å². The molecular weight excluding hydrogens is 413 g/mol. The second kappa shape index (κ2) is 7.80. The van der Waals surface area contributed by atoms with E-state index in [0.717, 1.165) is 0 Å². The molecule has 1 fully saturated rings. The van der Waals surface area contributed by atoms with Gasteiger partial charge in [-0.1, -0.05) is 12.1 Å². The number of anilines is 1. The first-order valence-electron chi connectivity index (χ1n) is 8.42. The molecule has 13 heteroatoms. The van der Waals surface area contributed by atoms with Gasteiger partial charge in [0.1, 0.15) is 6.07 Å². The monoisotopic (exact) mass is 428 g/mol. The Hall–Kier alpha value is -2.98. The summed E-state index contributed by atoms with van der Waals surface area (Å²) in [5.74, 6) is -3.03. The highest BCUT2D eigenvalue weighted by Crippen LogP contribution is 2.28. The van der Waals surface area contributed by atoms with E-state index in [4.69, 9.17) is 5.26 Å². The number of nitrogens with zero attached hydrogens (tertiary/aromatic N) is 4. The molecule has 2 N–H and O–H groups in total. The minimum atomic E-state index is -4.71. The van der Waals surface area contributed by atoms with E-state index in [-0.39, 0.29) is 36.4 Å². The molecule has 0 aliphatic carbocycles. The molecule has 0 saturated carbocycles. The van der Waals surface area contributed by atoms with Crippen LogP contribution in [0.1, 0.15) is 24.2 Å². The fraction of sp³-hybridized carbons (Fsp3) is 0.375. The Morgan fingerprint density at radius 1 is 1.28 bits per heavy atom. The first-order valence-corrected chi connectivity index (χ1v) is 9.86. The van der Waals surface area contributed by atoms with E-state index >= 15 is 0 Å². The molecule has 3 rings (SSSR count). The molecule has 154 valence electrons. The maximum atomic E-state index is 12.8. The molecule has 0 radical (unpaired) electrons. The summed E-state index contributed by atoms with van der Waals surface area (Å²) in [4.78, 5) is 15.3. The highest BCUT2D eigenvalue weighted by atomic mass is 32.2. The van der Waals surface area contributed by atoms with Crippen LogP contribution in [0.15, 0.2) is 29.2 Å². The van der Waals surface area contributed by atoms with Crippen molar-refractivity contribution in [2.24, 2.45) is 5.92 Å². The first kappa shape index (κ1) is 20.7. The number of amides is 1. The Morgan fingerprint density at radius 3 is 2.52 bits per heavy atom. The number of H-pyrrole nitrogens is 1. The summed E-state index contributed by atoms with van der Waals surface area (Å²) in [6.45, 7) is 0.0595. The zero-order valence-electron chi connectivity index (χ0n) is 14.8. The molecule has 9 nitrogen and oxygen atoms in total. The number of aromatic amines is 1. The Kier molecular flexibility index (Phi) is 5.58. The molecule has 1 aliphatic heterocycles. The lowest BCUT2D eigenvalue weighted by Crippen LogP contribution is -2.41. The smallest absolute Gasteiger partial charge is 0.293 e. The molecule has 1 amide bonds. The summed E-state index contributed by atoms with van der Waals surface area (Å²) >= 11 is 0. The topological polar surface area (TPSA) is 132 Å². The van der Waals surface area contributed by atoms with Crippen molar-refractivity contribution in [1.29, 1.82) is 5.26 Å². The third-order valence-corrected chi connectivity index (χ3v) is 6.40. The fourth-order valence-electron chi connectivity index (χ4n) is 2.94. The Balaban J connectivity index is 1.63. The third-order valence-electron chi connectivity index (χ3n) is 4.44. The van der Waals surface area contributed by atoms with Gasteiger partial charge in [0.15, 0.2) is 0 Å². The molecule has 0 spiro atoms. The number of nitrogens with one attached hydrogen (secondary N) is 2. The molecule has 0 atom stereocenters. The molecule has 1 saturated heterocycles. The van der Waals surface area contributed by atoms with Gasteiger partial charge >= 0.3 is 6.18 Å². The van der Waals surface area contributed by atoms with Crippen molar-refractivity contribution in [3.63, 3.8) is 0 Å². The number of hydrogen-bond donors (Lipinski definition) is 2. The maximum Gasteiger partial charge on any atom is 0.451 e. The lowest BCUT2D eigenvalue weighted by Gasteiger charge is -2.30. The first-order chi connectivity index (χ1) is 13.6. The van der Waals surface area contributed by atoms with E-state index in [1.54, 1.807) is 11.2 Å². The molecule has 29 heavy (non-hydrogen) atoms. The summed E-state index contributed by atoms with van der Waals surface area (Å²) in [5.41, 5.74) is 0.0254. The Labute approximate surface area is 163 Å². The van der Waals surface area contributed by atoms with Crippen LogP contribution < -0.4 is 5.32 Å². The van der Waals surface area contributed by atoms with Gasteiger partial charge in [0.05, 0.1) is 10.5 Å². The van der Waals surface area contributed by atoms with Gasteiger partial charge in [-0.15, -0.1) is 5.10 Å². The summed E-state index contributed by atoms with van der Waals surface area (Å²) < 4.78 is 64.3. The molecule has 0 unspecified atom stereocenters. The number of carbonyl (C=O) groups excluding carboxylic acids is 1. The average Bonchev–Trinajstić information content (AvgIpc) is 3.17. The van der Waals surface area contributed by atoms with Gasteiger partial charge in [-0.25, -0.2) is 8.42 Å². The minimum Gasteiger partial charge on any atom is -0.293 e. The standard InChI is InChI=1S/C16H15F3N6O3S/c17-16(18,19)14-22-15(24-23-14)21-13(26)10-5-7-25(8-6-10)29(27,28)12-4-2-1-3-11(12)9-20/h1-4,10H,5-8H2,(H2,21,22,23,24,26). The minimum absolute atomic E-state index is 0.0254. The summed E-state index contributed by atoms with van der Waals surface area (Å²) in [6, 6.07) is 7.65. The zero-order chi connectivity index (χ0) is 21.2. The number of aromatic nitrogens is 3. The lowest BCUT2D eigenvalue weighted by atomic mass is 9.97. The van der Waals surface area contributed by atoms with E-state index in [1.165, 1.54) is 22.5 Å². The summed E-state index contributed by atoms with van der Waals surface area (Å²) in [6.07, 6.45) is -4.39. The van der Waals surface area contributed by atoms with Crippen LogP contribution in [-0.4, -0.2) is 46.9 Å². The summed E-state index contributed by atoms with van der Waals surface area (Å²) in [7, 11) is -3.90. The van der Waals surface area contributed by atoms with Crippen LogP contribution in [0.2, 0.25) is 0 Å². The van der Waals surface area contributed by atoms with E-state index in [1.807, 2.05) is 6.07 Å². The SMILES string of the molecule is N#Cc1ccccc1S(=O)(=O)N1CCC(C(=O)Nc2n[nH]c(C(F)(F)F)n2)CC1. The van der Waals surface area contributed by atoms with Gasteiger partial charge in [0.25, 0.3) is 0 Å². The van der Waals surface area contributed by atoms with Crippen molar-refractivity contribution in [3.05, 3.63) is 35.7 Å². The maximum absolute atomic E-state index is 12.8. The Morgan fingerprint density at radius 2 is 1.93 bits per heavy atom. The predicted octanol–water partition coefficient (Wildman–Crippen LogP) is 1.73. The van der Waals surface area contributed by atoms with E-state index in [0.29, 0.717) is 0 Å². The Bertz CT molecular complexity index is 1050. The van der Waals surface area contributed by atoms with Crippen molar-refractivity contribution in [3.8, 4) is 6.07 Å². The van der Waals surface area contributed by atoms with E-state index in [2.05, 4.69) is 15.4 Å². The quantitative estimate of drug-likeness (QED) is 0.762. The summed E-state index contributed by atoms with van der Waals surface area (Å²) in [5, 5.41) is 16.3. The van der Waals surface area contributed by atoms with Crippen molar-refractivity contribution < 1.29 is 26.4 Å². The fourth-order valence-corrected chi connectivity index (χ4v) is 4.55. The zero-order valence-corrected chi connectivity index (χ0v) is 15.6. The molecule has 1 aliphatic rings. The number of hydrogen-bond acceptors (Lipinski definition) is 6. The van der Waals surface area contributed by atoms with Gasteiger partial charge < -0.3 is 0 Å². The third kappa shape index (κ3) is 4.38. The van der Waals surface area contributed by atoms with Crippen LogP contribution in [0.5, 0.6) is 0 Å². The van der Waals surface area contributed by atoms with Crippen LogP contribution in [0.4, 0.5) is 19.1 Å². The number of benzene rings is 1. The van der Waals surface area contributed by atoms with Gasteiger partial charge in [-0.3, -0.25) is 15.2 Å².